The van der Waals surface area contributed by atoms with E-state index in [-0.39, 0.29) is 62.3 Å². The molecule has 10 nitrogen and oxygen atoms in total. The second-order valence-electron chi connectivity index (χ2n) is 9.67. The van der Waals surface area contributed by atoms with Gasteiger partial charge in [0.1, 0.15) is 23.2 Å². The number of hydrogen-bond donors (Lipinski definition) is 1. The Bertz CT molecular complexity index is 1540. The van der Waals surface area contributed by atoms with E-state index in [1.54, 1.807) is 10.00 Å². The molecule has 4 heterocycles. The SMILES string of the molecule is O=C(C[C@@H]1CN(c2cc(C(F)(F)F)c(=O)[nH]n2)c2cc(C(F)F)ccc2O1)N1CCN(c2cnc(C(F)(F)F)cn2)CC1. The smallest absolute Gasteiger partial charge is 0.434 e. The Kier molecular flexibility index (Phi) is 7.87. The van der Waals surface area contributed by atoms with Gasteiger partial charge in [0.05, 0.1) is 31.0 Å². The van der Waals surface area contributed by atoms with Crippen LogP contribution in [0.15, 0.2) is 41.5 Å². The molecule has 18 heteroatoms. The second-order valence-corrected chi connectivity index (χ2v) is 9.67. The highest BCUT2D eigenvalue weighted by Gasteiger charge is 2.37. The third-order valence-corrected chi connectivity index (χ3v) is 6.86. The molecular weight excluding hydrogens is 598 g/mol. The Labute approximate surface area is 236 Å². The van der Waals surface area contributed by atoms with Crippen molar-refractivity contribution in [3.8, 4) is 5.75 Å². The summed E-state index contributed by atoms with van der Waals surface area (Å²) >= 11 is 0. The molecule has 1 fully saturated rings. The molecule has 0 spiro atoms. The number of ether oxygens (including phenoxy) is 1. The number of aromatic amines is 1. The maximum Gasteiger partial charge on any atom is 0.434 e. The second kappa shape index (κ2) is 11.3. The van der Waals surface area contributed by atoms with Gasteiger partial charge in [-0.3, -0.25) is 9.59 Å². The fourth-order valence-corrected chi connectivity index (χ4v) is 4.71. The Balaban J connectivity index is 1.31. The summed E-state index contributed by atoms with van der Waals surface area (Å²) in [6.07, 6.45) is -12.1. The van der Waals surface area contributed by atoms with Crippen LogP contribution < -0.4 is 20.1 Å². The number of halogens is 8. The lowest BCUT2D eigenvalue weighted by atomic mass is 10.1. The number of H-pyrrole nitrogens is 1. The van der Waals surface area contributed by atoms with E-state index in [1.807, 2.05) is 0 Å². The van der Waals surface area contributed by atoms with E-state index in [1.165, 1.54) is 11.0 Å². The van der Waals surface area contributed by atoms with E-state index in [9.17, 15) is 44.7 Å². The summed E-state index contributed by atoms with van der Waals surface area (Å²) in [5.41, 5.74) is -4.62. The maximum absolute atomic E-state index is 13.4. The molecule has 0 aliphatic carbocycles. The lowest BCUT2D eigenvalue weighted by Crippen LogP contribution is -2.50. The number of piperazine rings is 1. The van der Waals surface area contributed by atoms with E-state index < -0.39 is 53.1 Å². The van der Waals surface area contributed by atoms with Crippen LogP contribution in [-0.4, -0.2) is 69.8 Å². The molecule has 0 radical (unpaired) electrons. The first-order valence-corrected chi connectivity index (χ1v) is 12.7. The fraction of sp³-hybridized carbons (Fsp3) is 0.400. The first-order chi connectivity index (χ1) is 20.2. The third-order valence-electron chi connectivity index (χ3n) is 6.86. The third kappa shape index (κ3) is 6.46. The first-order valence-electron chi connectivity index (χ1n) is 12.7. The number of hydrogen-bond acceptors (Lipinski definition) is 8. The highest BCUT2D eigenvalue weighted by molar-refractivity contribution is 5.78. The normalized spacial score (nSPS) is 17.6. The number of carbonyl (C=O) groups excluding carboxylic acids is 1. The van der Waals surface area contributed by atoms with Gasteiger partial charge in [-0.25, -0.2) is 23.8 Å². The van der Waals surface area contributed by atoms with Crippen molar-refractivity contribution in [1.82, 2.24) is 25.1 Å². The van der Waals surface area contributed by atoms with Gasteiger partial charge in [0.25, 0.3) is 12.0 Å². The first kappa shape index (κ1) is 30.0. The molecule has 5 rings (SSSR count). The van der Waals surface area contributed by atoms with Crippen molar-refractivity contribution in [2.24, 2.45) is 0 Å². The number of rotatable bonds is 5. The summed E-state index contributed by atoms with van der Waals surface area (Å²) in [6, 6.07) is 3.81. The monoisotopic (exact) mass is 619 g/mol. The van der Waals surface area contributed by atoms with E-state index in [2.05, 4.69) is 15.1 Å². The number of alkyl halides is 8. The summed E-state index contributed by atoms with van der Waals surface area (Å²) in [5.74, 6) is -0.564. The largest absolute Gasteiger partial charge is 0.486 e. The standard InChI is InChI=1S/C25H21F8N7O3/c26-22(27)13-1-2-17-16(7-13)40(19-9-15(24(28,29)30)23(42)37-36-19)12-14(43-17)8-21(41)39-5-3-38(4-6-39)20-11-34-18(10-35-20)25(31,32)33/h1-2,7,9-11,14,22H,3-6,8,12H2,(H,37,42)/t14-/m1/s1. The number of carbonyl (C=O) groups is 1. The molecule has 2 aromatic heterocycles. The van der Waals surface area contributed by atoms with Crippen molar-refractivity contribution in [2.75, 3.05) is 42.5 Å². The highest BCUT2D eigenvalue weighted by Crippen LogP contribution is 2.41. The topological polar surface area (TPSA) is 108 Å². The Morgan fingerprint density at radius 1 is 0.977 bits per heavy atom. The van der Waals surface area contributed by atoms with Crippen molar-refractivity contribution in [3.63, 3.8) is 0 Å². The molecule has 1 aromatic carbocycles. The lowest BCUT2D eigenvalue weighted by molar-refractivity contribution is -0.141. The zero-order valence-corrected chi connectivity index (χ0v) is 21.8. The quantitative estimate of drug-likeness (QED) is 0.425. The van der Waals surface area contributed by atoms with E-state index in [0.29, 0.717) is 12.3 Å². The Morgan fingerprint density at radius 2 is 1.70 bits per heavy atom. The van der Waals surface area contributed by atoms with Gasteiger partial charge in [-0.1, -0.05) is 0 Å². The molecule has 1 amide bonds. The predicted molar refractivity (Wildman–Crippen MR) is 133 cm³/mol. The average Bonchev–Trinajstić information content (AvgIpc) is 2.96. The van der Waals surface area contributed by atoms with Crippen molar-refractivity contribution >= 4 is 23.2 Å². The lowest BCUT2D eigenvalue weighted by Gasteiger charge is -2.38. The number of nitrogens with one attached hydrogen (secondary N) is 1. The van der Waals surface area contributed by atoms with Gasteiger partial charge < -0.3 is 19.4 Å². The Morgan fingerprint density at radius 3 is 2.30 bits per heavy atom. The van der Waals surface area contributed by atoms with E-state index in [4.69, 9.17) is 4.74 Å². The number of amides is 1. The molecule has 0 unspecified atom stereocenters. The summed E-state index contributed by atoms with van der Waals surface area (Å²) in [5, 5.41) is 5.45. The van der Waals surface area contributed by atoms with Crippen molar-refractivity contribution in [1.29, 1.82) is 0 Å². The molecule has 3 aromatic rings. The molecule has 1 atom stereocenters. The zero-order chi connectivity index (χ0) is 31.1. The minimum absolute atomic E-state index is 0.0145. The minimum Gasteiger partial charge on any atom is -0.486 e. The van der Waals surface area contributed by atoms with Crippen LogP contribution >= 0.6 is 0 Å². The number of fused-ring (bicyclic) bond motifs is 1. The molecule has 1 N–H and O–H groups in total. The Hall–Kier alpha value is -4.51. The van der Waals surface area contributed by atoms with Gasteiger partial charge in [-0.15, -0.1) is 0 Å². The van der Waals surface area contributed by atoms with Gasteiger partial charge in [0.15, 0.2) is 11.5 Å². The van der Waals surface area contributed by atoms with Crippen molar-refractivity contribution in [3.05, 3.63) is 63.8 Å². The van der Waals surface area contributed by atoms with Crippen LogP contribution in [0, 0.1) is 0 Å². The molecule has 2 aliphatic heterocycles. The van der Waals surface area contributed by atoms with Crippen LogP contribution in [0.2, 0.25) is 0 Å². The van der Waals surface area contributed by atoms with Gasteiger partial charge in [0, 0.05) is 37.8 Å². The number of anilines is 3. The van der Waals surface area contributed by atoms with Crippen LogP contribution in [-0.2, 0) is 17.1 Å². The summed E-state index contributed by atoms with van der Waals surface area (Å²) in [6.45, 7) is 0.586. The van der Waals surface area contributed by atoms with Gasteiger partial charge in [-0.2, -0.15) is 31.4 Å². The van der Waals surface area contributed by atoms with Gasteiger partial charge in [0.2, 0.25) is 5.91 Å². The summed E-state index contributed by atoms with van der Waals surface area (Å²) in [4.78, 5) is 36.4. The van der Waals surface area contributed by atoms with Gasteiger partial charge in [-0.05, 0) is 18.2 Å². The highest BCUT2D eigenvalue weighted by atomic mass is 19.4. The minimum atomic E-state index is -5.02. The fourth-order valence-electron chi connectivity index (χ4n) is 4.71. The number of nitrogens with zero attached hydrogens (tertiary/aromatic N) is 6. The van der Waals surface area contributed by atoms with Gasteiger partial charge >= 0.3 is 12.4 Å². The number of benzene rings is 1. The van der Waals surface area contributed by atoms with Crippen LogP contribution in [0.5, 0.6) is 5.75 Å². The molecular formula is C25H21F8N7O3. The van der Waals surface area contributed by atoms with E-state index in [0.717, 1.165) is 23.2 Å². The van der Waals surface area contributed by atoms with E-state index >= 15 is 0 Å². The van der Waals surface area contributed by atoms with Crippen molar-refractivity contribution in [2.45, 2.75) is 31.3 Å². The van der Waals surface area contributed by atoms with Crippen LogP contribution in [0.4, 0.5) is 52.4 Å². The van der Waals surface area contributed by atoms with Crippen molar-refractivity contribution < 1.29 is 44.7 Å². The van der Waals surface area contributed by atoms with Crippen LogP contribution in [0.3, 0.4) is 0 Å². The molecule has 1 saturated heterocycles. The maximum atomic E-state index is 13.4. The summed E-state index contributed by atoms with van der Waals surface area (Å²) < 4.78 is 111. The molecule has 0 bridgehead atoms. The molecule has 0 saturated carbocycles. The zero-order valence-electron chi connectivity index (χ0n) is 21.8. The molecule has 43 heavy (non-hydrogen) atoms. The molecule has 2 aliphatic rings. The molecule has 230 valence electrons. The predicted octanol–water partition coefficient (Wildman–Crippen LogP) is 4.17. The summed E-state index contributed by atoms with van der Waals surface area (Å²) in [7, 11) is 0. The number of aromatic nitrogens is 4. The van der Waals surface area contributed by atoms with Crippen LogP contribution in [0.25, 0.3) is 0 Å². The average molecular weight is 619 g/mol. The van der Waals surface area contributed by atoms with Crippen LogP contribution in [0.1, 0.15) is 29.7 Å².